The molecule has 0 spiro atoms. The molecule has 0 bridgehead atoms. The Kier molecular flexibility index (Phi) is 50.6. The van der Waals surface area contributed by atoms with Crippen LogP contribution in [-0.4, -0.2) is 74.3 Å². The number of nitrogens with zero attached hydrogens (tertiary/aromatic N) is 1. The molecule has 1 amide bonds. The second kappa shape index (κ2) is 52.6. The molecule has 0 saturated carbocycles. The number of esters is 1. The van der Waals surface area contributed by atoms with Crippen molar-refractivity contribution in [2.45, 2.75) is 264 Å². The van der Waals surface area contributed by atoms with E-state index < -0.39 is 20.0 Å². The molecule has 0 aromatic heterocycles. The summed E-state index contributed by atoms with van der Waals surface area (Å²) in [5.74, 6) is -0.555. The molecule has 422 valence electrons. The fourth-order valence-electron chi connectivity index (χ4n) is 8.24. The van der Waals surface area contributed by atoms with E-state index in [1.54, 1.807) is 0 Å². The van der Waals surface area contributed by atoms with Gasteiger partial charge < -0.3 is 19.4 Å². The van der Waals surface area contributed by atoms with E-state index in [9.17, 15) is 19.0 Å². The summed E-state index contributed by atoms with van der Waals surface area (Å²) in [7, 11) is 1.46. The Hall–Kier alpha value is -2.81. The van der Waals surface area contributed by atoms with Crippen molar-refractivity contribution >= 4 is 19.7 Å². The van der Waals surface area contributed by atoms with E-state index in [4.69, 9.17) is 13.8 Å². The number of hydrogen-bond acceptors (Lipinski definition) is 6. The minimum atomic E-state index is -4.46. The third-order valence-electron chi connectivity index (χ3n) is 12.8. The molecule has 73 heavy (non-hydrogen) atoms. The Labute approximate surface area is 450 Å². The Balaban J connectivity index is 5.34. The lowest BCUT2D eigenvalue weighted by atomic mass is 10.0. The summed E-state index contributed by atoms with van der Waals surface area (Å²) < 4.78 is 30.6. The van der Waals surface area contributed by atoms with Gasteiger partial charge in [0.15, 0.2) is 0 Å². The zero-order chi connectivity index (χ0) is 53.6. The van der Waals surface area contributed by atoms with Gasteiger partial charge in [-0.3, -0.25) is 18.6 Å². The number of rotatable bonds is 53. The van der Waals surface area contributed by atoms with Crippen LogP contribution in [-0.2, 0) is 27.9 Å². The number of unbranched alkanes of at least 4 members (excludes halogenated alkanes) is 25. The molecule has 0 aliphatic heterocycles. The number of allylic oxidation sites excluding steroid dienone is 13. The fraction of sp³-hybridized carbons (Fsp3) is 0.746. The van der Waals surface area contributed by atoms with Gasteiger partial charge in [0.1, 0.15) is 19.3 Å². The van der Waals surface area contributed by atoms with Gasteiger partial charge >= 0.3 is 13.8 Å². The minimum Gasteiger partial charge on any atom is -0.456 e. The standard InChI is InChI=1S/C63H113N2O7P/c1-7-10-13-16-19-22-25-27-29-30-31-32-33-34-36-37-40-43-46-49-52-55-62(66)64-60(59-71-73(68,69)70-58-57-65(4,5)6)61(54-51-48-45-42-39-24-21-18-15-12-9-3)72-63(67)56-53-50-47-44-41-38-35-28-26-23-20-17-14-11-8-2/h10,13,19,22,27,29,31-32,34,36,40,43,51,54,60-61H,7-9,11-12,14-18,20-21,23-26,28,30,33,35,37-39,41-42,44-50,52-53,55-59H2,1-6H3,(H-,64,66,68,69)/p+1/b13-10-,22-19-,29-27-,32-31-,36-34-,43-40-,54-51-. The summed E-state index contributed by atoms with van der Waals surface area (Å²) in [5.41, 5.74) is 0. The molecule has 0 radical (unpaired) electrons. The summed E-state index contributed by atoms with van der Waals surface area (Å²) in [6.45, 7) is 6.86. The Morgan fingerprint density at radius 3 is 1.33 bits per heavy atom. The van der Waals surface area contributed by atoms with E-state index >= 15 is 0 Å². The van der Waals surface area contributed by atoms with Crippen molar-refractivity contribution in [1.82, 2.24) is 5.32 Å². The summed E-state index contributed by atoms with van der Waals surface area (Å²) in [6, 6.07) is -0.872. The summed E-state index contributed by atoms with van der Waals surface area (Å²) in [6.07, 6.45) is 68.7. The first-order chi connectivity index (χ1) is 35.4. The first kappa shape index (κ1) is 70.2. The van der Waals surface area contributed by atoms with E-state index in [-0.39, 0.29) is 37.9 Å². The lowest BCUT2D eigenvalue weighted by Gasteiger charge is -2.27. The summed E-state index contributed by atoms with van der Waals surface area (Å²) >= 11 is 0. The SMILES string of the molecule is CC/C=C\C/C=C\C/C=C\C/C=C\C/C=C\C/C=C\CCCCC(=O)NC(COP(=O)(O)OCC[N+](C)(C)C)C(/C=C\CCCCCCCCCCC)OC(=O)CCCCCCCCCCCCCCCCC. The molecule has 2 N–H and O–H groups in total. The molecular formula is C63H114N2O7P+. The third-order valence-corrected chi connectivity index (χ3v) is 13.8. The van der Waals surface area contributed by atoms with Crippen molar-refractivity contribution < 1.29 is 37.3 Å². The maximum absolute atomic E-state index is 13.5. The molecule has 0 fully saturated rings. The van der Waals surface area contributed by atoms with Gasteiger partial charge in [0, 0.05) is 12.8 Å². The van der Waals surface area contributed by atoms with Crippen molar-refractivity contribution in [2.24, 2.45) is 0 Å². The first-order valence-electron chi connectivity index (χ1n) is 29.9. The number of phosphoric ester groups is 1. The van der Waals surface area contributed by atoms with Gasteiger partial charge in [0.25, 0.3) is 0 Å². The Bertz CT molecular complexity index is 1530. The molecule has 0 aromatic rings. The number of carbonyl (C=O) groups excluding carboxylic acids is 2. The van der Waals surface area contributed by atoms with Gasteiger partial charge in [-0.1, -0.05) is 241 Å². The van der Waals surface area contributed by atoms with E-state index in [2.05, 4.69) is 99.0 Å². The number of carbonyl (C=O) groups is 2. The maximum atomic E-state index is 13.5. The van der Waals surface area contributed by atoms with Crippen LogP contribution in [0.5, 0.6) is 0 Å². The largest absolute Gasteiger partial charge is 0.472 e. The van der Waals surface area contributed by atoms with Gasteiger partial charge in [-0.05, 0) is 83.1 Å². The Morgan fingerprint density at radius 2 is 0.877 bits per heavy atom. The van der Waals surface area contributed by atoms with E-state index in [0.717, 1.165) is 89.9 Å². The minimum absolute atomic E-state index is 0.0291. The van der Waals surface area contributed by atoms with Gasteiger partial charge in [-0.2, -0.15) is 0 Å². The molecule has 0 saturated heterocycles. The highest BCUT2D eigenvalue weighted by Gasteiger charge is 2.30. The van der Waals surface area contributed by atoms with E-state index in [1.165, 1.54) is 122 Å². The van der Waals surface area contributed by atoms with Gasteiger partial charge in [-0.25, -0.2) is 4.57 Å². The van der Waals surface area contributed by atoms with Crippen LogP contribution < -0.4 is 5.32 Å². The predicted molar refractivity (Wildman–Crippen MR) is 314 cm³/mol. The smallest absolute Gasteiger partial charge is 0.456 e. The van der Waals surface area contributed by atoms with Crippen LogP contribution in [0.1, 0.15) is 252 Å². The molecule has 9 nitrogen and oxygen atoms in total. The average Bonchev–Trinajstić information content (AvgIpc) is 3.35. The first-order valence-corrected chi connectivity index (χ1v) is 31.4. The average molecular weight is 1040 g/mol. The maximum Gasteiger partial charge on any atom is 0.472 e. The normalized spacial score (nSPS) is 14.3. The number of nitrogens with one attached hydrogen (secondary N) is 1. The van der Waals surface area contributed by atoms with Crippen molar-refractivity contribution in [1.29, 1.82) is 0 Å². The lowest BCUT2D eigenvalue weighted by molar-refractivity contribution is -0.870. The highest BCUT2D eigenvalue weighted by Crippen LogP contribution is 2.43. The second-order valence-corrected chi connectivity index (χ2v) is 22.6. The second-order valence-electron chi connectivity index (χ2n) is 21.1. The fourth-order valence-corrected chi connectivity index (χ4v) is 8.97. The molecule has 10 heteroatoms. The van der Waals surface area contributed by atoms with Gasteiger partial charge in [-0.15, -0.1) is 0 Å². The molecule has 0 heterocycles. The van der Waals surface area contributed by atoms with Crippen LogP contribution in [0.4, 0.5) is 0 Å². The van der Waals surface area contributed by atoms with Gasteiger partial charge in [0.2, 0.25) is 5.91 Å². The number of ether oxygens (including phenoxy) is 1. The number of quaternary nitrogens is 1. The van der Waals surface area contributed by atoms with Crippen molar-refractivity contribution in [2.75, 3.05) is 40.9 Å². The topological polar surface area (TPSA) is 111 Å². The van der Waals surface area contributed by atoms with Crippen LogP contribution in [0.25, 0.3) is 0 Å². The van der Waals surface area contributed by atoms with Crippen LogP contribution >= 0.6 is 7.82 Å². The molecule has 3 unspecified atom stereocenters. The number of likely N-dealkylation sites (N-methyl/N-ethyl adjacent to an activating group) is 1. The third kappa shape index (κ3) is 53.8. The molecule has 0 aliphatic carbocycles. The van der Waals surface area contributed by atoms with E-state index in [1.807, 2.05) is 33.3 Å². The number of phosphoric acid groups is 1. The highest BCUT2D eigenvalue weighted by atomic mass is 31.2. The molecule has 0 aliphatic rings. The lowest BCUT2D eigenvalue weighted by Crippen LogP contribution is -2.47. The quantitative estimate of drug-likeness (QED) is 0.0205. The van der Waals surface area contributed by atoms with Crippen molar-refractivity contribution in [3.8, 4) is 0 Å². The Morgan fingerprint density at radius 1 is 0.493 bits per heavy atom. The molecule has 3 atom stereocenters. The predicted octanol–water partition coefficient (Wildman–Crippen LogP) is 18.2. The molecular weight excluding hydrogens is 928 g/mol. The van der Waals surface area contributed by atoms with E-state index in [0.29, 0.717) is 17.4 Å². The number of amides is 1. The molecule has 0 aromatic carbocycles. The monoisotopic (exact) mass is 1040 g/mol. The van der Waals surface area contributed by atoms with Crippen LogP contribution in [0, 0.1) is 0 Å². The zero-order valence-electron chi connectivity index (χ0n) is 48.1. The van der Waals surface area contributed by atoms with Gasteiger partial charge in [0.05, 0.1) is 33.8 Å². The highest BCUT2D eigenvalue weighted by molar-refractivity contribution is 7.47. The van der Waals surface area contributed by atoms with Crippen molar-refractivity contribution in [3.63, 3.8) is 0 Å². The van der Waals surface area contributed by atoms with Crippen LogP contribution in [0.2, 0.25) is 0 Å². The number of hydrogen-bond donors (Lipinski definition) is 2. The summed E-state index contributed by atoms with van der Waals surface area (Å²) in [4.78, 5) is 37.6. The van der Waals surface area contributed by atoms with Crippen LogP contribution in [0.3, 0.4) is 0 Å². The summed E-state index contributed by atoms with van der Waals surface area (Å²) in [5, 5.41) is 3.03. The van der Waals surface area contributed by atoms with Crippen molar-refractivity contribution in [3.05, 3.63) is 85.1 Å². The molecule has 0 rings (SSSR count). The zero-order valence-corrected chi connectivity index (χ0v) is 49.0. The van der Waals surface area contributed by atoms with Crippen LogP contribution in [0.15, 0.2) is 85.1 Å².